The summed E-state index contributed by atoms with van der Waals surface area (Å²) in [6, 6.07) is 18.1. The Kier molecular flexibility index (Phi) is 5.98. The summed E-state index contributed by atoms with van der Waals surface area (Å²) >= 11 is 1.61. The number of pyridine rings is 1. The van der Waals surface area contributed by atoms with Gasteiger partial charge in [0.1, 0.15) is 5.75 Å². The highest BCUT2D eigenvalue weighted by molar-refractivity contribution is 7.98. The molecule has 1 amide bonds. The summed E-state index contributed by atoms with van der Waals surface area (Å²) in [6.07, 6.45) is 3.56. The molecule has 6 heteroatoms. The first-order valence-corrected chi connectivity index (χ1v) is 9.60. The molecule has 138 valence electrons. The highest BCUT2D eigenvalue weighted by atomic mass is 32.2. The van der Waals surface area contributed by atoms with Crippen molar-refractivity contribution in [2.24, 2.45) is 0 Å². The number of rotatable bonds is 6. The van der Waals surface area contributed by atoms with Gasteiger partial charge >= 0.3 is 0 Å². The Labute approximate surface area is 162 Å². The van der Waals surface area contributed by atoms with Gasteiger partial charge in [0.15, 0.2) is 0 Å². The highest BCUT2D eigenvalue weighted by Gasteiger charge is 2.09. The smallest absolute Gasteiger partial charge is 0.257 e. The van der Waals surface area contributed by atoms with Crippen LogP contribution in [0, 0.1) is 0 Å². The van der Waals surface area contributed by atoms with Gasteiger partial charge in [0.2, 0.25) is 0 Å². The fourth-order valence-electron chi connectivity index (χ4n) is 2.66. The van der Waals surface area contributed by atoms with Crippen LogP contribution in [0.3, 0.4) is 0 Å². The second-order valence-corrected chi connectivity index (χ2v) is 6.80. The molecule has 0 saturated carbocycles. The third-order valence-corrected chi connectivity index (χ3v) is 4.79. The van der Waals surface area contributed by atoms with Gasteiger partial charge in [-0.1, -0.05) is 18.2 Å². The summed E-state index contributed by atoms with van der Waals surface area (Å²) in [7, 11) is 1.60. The number of aromatic nitrogens is 1. The molecule has 0 saturated heterocycles. The second kappa shape index (κ2) is 8.60. The van der Waals surface area contributed by atoms with E-state index in [0.717, 1.165) is 21.9 Å². The predicted molar refractivity (Wildman–Crippen MR) is 109 cm³/mol. The molecule has 3 rings (SSSR count). The maximum absolute atomic E-state index is 12.6. The van der Waals surface area contributed by atoms with E-state index >= 15 is 0 Å². The summed E-state index contributed by atoms with van der Waals surface area (Å²) in [6.45, 7) is 0.360. The molecule has 0 aliphatic heterocycles. The number of benzene rings is 2. The van der Waals surface area contributed by atoms with Crippen molar-refractivity contribution in [3.8, 4) is 5.75 Å². The van der Waals surface area contributed by atoms with Gasteiger partial charge in [-0.05, 0) is 48.2 Å². The Morgan fingerprint density at radius 2 is 1.93 bits per heavy atom. The second-order valence-electron chi connectivity index (χ2n) is 5.92. The van der Waals surface area contributed by atoms with Gasteiger partial charge < -0.3 is 14.6 Å². The maximum atomic E-state index is 12.6. The van der Waals surface area contributed by atoms with Crippen LogP contribution in [0.4, 0.5) is 5.69 Å². The fraction of sp³-hybridized carbons (Fsp3) is 0.143. The minimum absolute atomic E-state index is 0.168. The predicted octanol–water partition coefficient (Wildman–Crippen LogP) is 3.88. The monoisotopic (exact) mass is 380 g/mol. The number of hydrogen-bond acceptors (Lipinski definition) is 4. The van der Waals surface area contributed by atoms with Gasteiger partial charge in [0, 0.05) is 22.8 Å². The van der Waals surface area contributed by atoms with E-state index in [0.29, 0.717) is 12.1 Å². The van der Waals surface area contributed by atoms with Crippen LogP contribution in [0.15, 0.2) is 76.6 Å². The van der Waals surface area contributed by atoms with Crippen LogP contribution >= 0.6 is 11.8 Å². The van der Waals surface area contributed by atoms with Crippen LogP contribution in [0.2, 0.25) is 0 Å². The van der Waals surface area contributed by atoms with Gasteiger partial charge in [0.05, 0.1) is 19.2 Å². The van der Waals surface area contributed by atoms with Gasteiger partial charge in [-0.15, -0.1) is 11.8 Å². The van der Waals surface area contributed by atoms with E-state index in [-0.39, 0.29) is 11.5 Å². The van der Waals surface area contributed by atoms with Crippen LogP contribution in [-0.2, 0) is 6.54 Å². The molecule has 3 aromatic rings. The minimum atomic E-state index is -0.257. The number of thioether (sulfide) groups is 1. The lowest BCUT2D eigenvalue weighted by Crippen LogP contribution is -2.22. The Balaban J connectivity index is 1.81. The number of hydrogen-bond donors (Lipinski definition) is 1. The first-order chi connectivity index (χ1) is 13.1. The van der Waals surface area contributed by atoms with E-state index in [9.17, 15) is 9.59 Å². The topological polar surface area (TPSA) is 60.3 Å². The lowest BCUT2D eigenvalue weighted by molar-refractivity contribution is 0.102. The number of anilines is 1. The Morgan fingerprint density at radius 3 is 2.70 bits per heavy atom. The lowest BCUT2D eigenvalue weighted by atomic mass is 10.2. The van der Waals surface area contributed by atoms with Crippen molar-refractivity contribution in [1.29, 1.82) is 0 Å². The molecule has 0 bridgehead atoms. The summed E-state index contributed by atoms with van der Waals surface area (Å²) in [5.74, 6) is 0.468. The van der Waals surface area contributed by atoms with E-state index in [1.807, 2.05) is 54.8 Å². The molecular formula is C21H20N2O3S. The molecule has 0 fully saturated rings. The standard InChI is InChI=1S/C21H20N2O3S/c1-26-18-7-3-5-15(11-18)13-23-14-16(9-10-20(23)24)21(25)22-17-6-4-8-19(12-17)27-2/h3-12,14H,13H2,1-2H3,(H,22,25). The average molecular weight is 380 g/mol. The number of carbonyl (C=O) groups excluding carboxylic acids is 1. The third kappa shape index (κ3) is 4.80. The van der Waals surface area contributed by atoms with E-state index in [4.69, 9.17) is 4.74 Å². The zero-order valence-electron chi connectivity index (χ0n) is 15.1. The quantitative estimate of drug-likeness (QED) is 0.660. The highest BCUT2D eigenvalue weighted by Crippen LogP contribution is 2.19. The summed E-state index contributed by atoms with van der Waals surface area (Å²) in [5, 5.41) is 2.87. The SMILES string of the molecule is COc1cccc(Cn2cc(C(=O)Nc3cccc(SC)c3)ccc2=O)c1. The Morgan fingerprint density at radius 1 is 1.11 bits per heavy atom. The molecule has 0 unspecified atom stereocenters. The van der Waals surface area contributed by atoms with E-state index in [1.165, 1.54) is 16.7 Å². The van der Waals surface area contributed by atoms with E-state index in [2.05, 4.69) is 5.32 Å². The number of ether oxygens (including phenoxy) is 1. The van der Waals surface area contributed by atoms with Crippen molar-refractivity contribution in [1.82, 2.24) is 4.57 Å². The normalized spacial score (nSPS) is 10.4. The van der Waals surface area contributed by atoms with Crippen LogP contribution in [0.25, 0.3) is 0 Å². The van der Waals surface area contributed by atoms with Crippen LogP contribution in [0.5, 0.6) is 5.75 Å². The molecule has 27 heavy (non-hydrogen) atoms. The van der Waals surface area contributed by atoms with Crippen molar-refractivity contribution < 1.29 is 9.53 Å². The van der Waals surface area contributed by atoms with Crippen LogP contribution in [-0.4, -0.2) is 23.8 Å². The molecule has 5 nitrogen and oxygen atoms in total. The molecule has 0 spiro atoms. The molecule has 1 aromatic heterocycles. The van der Waals surface area contributed by atoms with Crippen molar-refractivity contribution in [2.45, 2.75) is 11.4 Å². The molecule has 0 aliphatic rings. The van der Waals surface area contributed by atoms with Gasteiger partial charge in [-0.25, -0.2) is 0 Å². The molecule has 2 aromatic carbocycles. The van der Waals surface area contributed by atoms with Crippen molar-refractivity contribution in [3.63, 3.8) is 0 Å². The van der Waals surface area contributed by atoms with Crippen LogP contribution in [0.1, 0.15) is 15.9 Å². The first-order valence-electron chi connectivity index (χ1n) is 8.38. The Hall–Kier alpha value is -2.99. The molecule has 1 heterocycles. The van der Waals surface area contributed by atoms with Crippen molar-refractivity contribution in [3.05, 3.63) is 88.3 Å². The van der Waals surface area contributed by atoms with E-state index < -0.39 is 0 Å². The minimum Gasteiger partial charge on any atom is -0.497 e. The summed E-state index contributed by atoms with van der Waals surface area (Å²) in [4.78, 5) is 25.8. The zero-order valence-corrected chi connectivity index (χ0v) is 16.0. The average Bonchev–Trinajstić information content (AvgIpc) is 2.70. The van der Waals surface area contributed by atoms with Gasteiger partial charge in [-0.2, -0.15) is 0 Å². The maximum Gasteiger partial charge on any atom is 0.257 e. The lowest BCUT2D eigenvalue weighted by Gasteiger charge is -2.10. The Bertz CT molecular complexity index is 1010. The molecular weight excluding hydrogens is 360 g/mol. The zero-order chi connectivity index (χ0) is 19.2. The summed E-state index contributed by atoms with van der Waals surface area (Å²) in [5.41, 5.74) is 1.89. The largest absolute Gasteiger partial charge is 0.497 e. The molecule has 1 N–H and O–H groups in total. The van der Waals surface area contributed by atoms with E-state index in [1.54, 1.807) is 25.1 Å². The number of nitrogens with zero attached hydrogens (tertiary/aromatic N) is 1. The number of nitrogens with one attached hydrogen (secondary N) is 1. The number of amides is 1. The van der Waals surface area contributed by atoms with Gasteiger partial charge in [0.25, 0.3) is 11.5 Å². The number of methoxy groups -OCH3 is 1. The first kappa shape index (κ1) is 18.8. The molecule has 0 aliphatic carbocycles. The van der Waals surface area contributed by atoms with Crippen molar-refractivity contribution >= 4 is 23.4 Å². The summed E-state index contributed by atoms with van der Waals surface area (Å²) < 4.78 is 6.73. The third-order valence-electron chi connectivity index (χ3n) is 4.06. The molecule has 0 radical (unpaired) electrons. The van der Waals surface area contributed by atoms with Crippen molar-refractivity contribution in [2.75, 3.05) is 18.7 Å². The van der Waals surface area contributed by atoms with Gasteiger partial charge in [-0.3, -0.25) is 9.59 Å². The van der Waals surface area contributed by atoms with Crippen LogP contribution < -0.4 is 15.6 Å². The molecule has 0 atom stereocenters. The fourth-order valence-corrected chi connectivity index (χ4v) is 3.12. The number of carbonyl (C=O) groups is 1.